The van der Waals surface area contributed by atoms with Crippen LogP contribution < -0.4 is 29.6 Å². The molecule has 0 aliphatic heterocycles. The van der Waals surface area contributed by atoms with E-state index >= 15 is 16.8 Å². The average molecular weight is 1130 g/mol. The van der Waals surface area contributed by atoms with Gasteiger partial charge in [-0.2, -0.15) is 9.10 Å². The van der Waals surface area contributed by atoms with Crippen LogP contribution in [0.1, 0.15) is 58.2 Å². The molecule has 0 radical (unpaired) electrons. The van der Waals surface area contributed by atoms with Crippen molar-refractivity contribution in [1.82, 2.24) is 59.2 Å². The monoisotopic (exact) mass is 1130 g/mol. The minimum Gasteiger partial charge on any atom is -0.497 e. The summed E-state index contributed by atoms with van der Waals surface area (Å²) in [7, 11) is -5.95. The van der Waals surface area contributed by atoms with E-state index < -0.39 is 71.0 Å². The Hall–Kier alpha value is -8.52. The lowest BCUT2D eigenvalue weighted by molar-refractivity contribution is 0.121. The molecule has 80 heavy (non-hydrogen) atoms. The summed E-state index contributed by atoms with van der Waals surface area (Å²) in [6, 6.07) is 23.7. The molecule has 0 bridgehead atoms. The van der Waals surface area contributed by atoms with Gasteiger partial charge in [0.05, 0.1) is 69.1 Å². The lowest BCUT2D eigenvalue weighted by atomic mass is 9.73. The van der Waals surface area contributed by atoms with Crippen LogP contribution in [-0.4, -0.2) is 123 Å². The summed E-state index contributed by atoms with van der Waals surface area (Å²) >= 11 is 0. The highest BCUT2D eigenvalue weighted by Crippen LogP contribution is 2.43. The van der Waals surface area contributed by atoms with Crippen LogP contribution in [0.15, 0.2) is 138 Å². The molecule has 420 valence electrons. The van der Waals surface area contributed by atoms with E-state index in [9.17, 15) is 19.8 Å². The van der Waals surface area contributed by atoms with Crippen molar-refractivity contribution < 1.29 is 50.8 Å². The second-order valence-corrected chi connectivity index (χ2v) is 24.4. The fourth-order valence-corrected chi connectivity index (χ4v) is 13.0. The Bertz CT molecular complexity index is 3650. The van der Waals surface area contributed by atoms with Gasteiger partial charge >= 0.3 is 12.2 Å². The van der Waals surface area contributed by atoms with Gasteiger partial charge in [-0.25, -0.2) is 41.1 Å². The molecule has 23 nitrogen and oxygen atoms in total. The zero-order valence-electron chi connectivity index (χ0n) is 45.4. The van der Waals surface area contributed by atoms with Crippen LogP contribution in [0.5, 0.6) is 17.2 Å². The Morgan fingerprint density at radius 2 is 1.23 bits per heavy atom. The second kappa shape index (κ2) is 23.4. The number of carbonyl (C=O) groups is 2. The number of carboxylic acid groups (broad SMARTS) is 2. The Morgan fingerprint density at radius 1 is 0.688 bits per heavy atom. The van der Waals surface area contributed by atoms with Crippen molar-refractivity contribution >= 4 is 37.9 Å². The smallest absolute Gasteiger partial charge is 0.404 e. The van der Waals surface area contributed by atoms with Gasteiger partial charge in [0.15, 0.2) is 0 Å². The molecule has 8 aromatic rings. The molecule has 0 aliphatic carbocycles. The summed E-state index contributed by atoms with van der Waals surface area (Å²) in [6.45, 7) is 9.32. The molecule has 8 rings (SSSR count). The zero-order chi connectivity index (χ0) is 57.7. The van der Waals surface area contributed by atoms with Gasteiger partial charge in [-0.15, -0.1) is 10.2 Å². The third-order valence-corrected chi connectivity index (χ3v) is 16.8. The first kappa shape index (κ1) is 57.6. The Morgan fingerprint density at radius 3 is 1.74 bits per heavy atom. The minimum atomic E-state index is -5.28. The predicted molar refractivity (Wildman–Crippen MR) is 296 cm³/mol. The third-order valence-electron chi connectivity index (χ3n) is 13.3. The number of nitrogens with one attached hydrogen (secondary N) is 3. The van der Waals surface area contributed by atoms with E-state index in [4.69, 9.17) is 19.3 Å². The van der Waals surface area contributed by atoms with E-state index in [0.29, 0.717) is 56.5 Å². The summed E-state index contributed by atoms with van der Waals surface area (Å²) in [5.41, 5.74) is 1.17. The van der Waals surface area contributed by atoms with Crippen molar-refractivity contribution in [2.75, 3.05) is 21.3 Å². The van der Waals surface area contributed by atoms with E-state index in [0.717, 1.165) is 10.4 Å². The normalized spacial score (nSPS) is 13.4. The number of pyridine rings is 1. The molecule has 5 N–H and O–H groups in total. The highest BCUT2D eigenvalue weighted by Gasteiger charge is 2.47. The number of fused-ring (bicyclic) bond motifs is 1. The summed E-state index contributed by atoms with van der Waals surface area (Å²) in [5.74, 6) is 1.30. The van der Waals surface area contributed by atoms with Gasteiger partial charge in [0.1, 0.15) is 39.0 Å². The van der Waals surface area contributed by atoms with E-state index in [-0.39, 0.29) is 36.6 Å². The third kappa shape index (κ3) is 13.0. The maximum absolute atomic E-state index is 16.6. The van der Waals surface area contributed by atoms with Crippen LogP contribution >= 0.6 is 0 Å². The molecule has 2 unspecified atom stereocenters. The number of methoxy groups -OCH3 is 3. The van der Waals surface area contributed by atoms with Gasteiger partial charge in [0.25, 0.3) is 0 Å². The van der Waals surface area contributed by atoms with Crippen LogP contribution in [-0.2, 0) is 39.7 Å². The molecule has 0 aliphatic rings. The molecule has 4 aromatic heterocycles. The number of aromatic nitrogens is 8. The fourth-order valence-electron chi connectivity index (χ4n) is 9.31. The Labute approximate surface area is 463 Å². The number of nitrogens with zero attached hydrogens (tertiary/aromatic N) is 9. The molecular weight excluding hydrogens is 1070 g/mol. The number of benzene rings is 4. The van der Waals surface area contributed by atoms with Gasteiger partial charge < -0.3 is 35.1 Å². The summed E-state index contributed by atoms with van der Waals surface area (Å²) < 4.78 is 87.0. The highest BCUT2D eigenvalue weighted by atomic mass is 32.2. The topological polar surface area (TPSA) is 297 Å². The van der Waals surface area contributed by atoms with Crippen LogP contribution in [0, 0.1) is 10.8 Å². The summed E-state index contributed by atoms with van der Waals surface area (Å²) in [6.07, 6.45) is 3.22. The number of amides is 2. The number of rotatable bonds is 21. The zero-order valence-corrected chi connectivity index (χ0v) is 47.0. The van der Waals surface area contributed by atoms with Crippen molar-refractivity contribution in [2.45, 2.75) is 89.1 Å². The molecule has 0 spiro atoms. The van der Waals surface area contributed by atoms with Gasteiger partial charge in [0.2, 0.25) is 25.9 Å². The largest absolute Gasteiger partial charge is 0.497 e. The van der Waals surface area contributed by atoms with Crippen molar-refractivity contribution in [3.05, 3.63) is 145 Å². The molecule has 0 fully saturated rings. The molecule has 25 heteroatoms. The van der Waals surface area contributed by atoms with Crippen LogP contribution in [0.2, 0.25) is 0 Å². The van der Waals surface area contributed by atoms with Crippen LogP contribution in [0.25, 0.3) is 39.5 Å². The van der Waals surface area contributed by atoms with E-state index in [1.807, 2.05) is 0 Å². The lowest BCUT2D eigenvalue weighted by Crippen LogP contribution is -2.67. The molecule has 4 aromatic carbocycles. The fraction of sp³-hybridized carbons (Fsp3) is 0.309. The van der Waals surface area contributed by atoms with E-state index in [1.54, 1.807) is 156 Å². The predicted octanol–water partition coefficient (Wildman–Crippen LogP) is 7.59. The molecule has 0 saturated heterocycles. The van der Waals surface area contributed by atoms with Crippen molar-refractivity contribution in [2.24, 2.45) is 10.8 Å². The average Bonchev–Trinajstić information content (AvgIpc) is 4.19. The number of tetrazole rings is 1. The van der Waals surface area contributed by atoms with E-state index in [1.165, 1.54) is 38.4 Å². The first-order valence-corrected chi connectivity index (χ1v) is 27.9. The van der Waals surface area contributed by atoms with Crippen molar-refractivity contribution in [3.8, 4) is 51.2 Å². The number of imidazole rings is 1. The number of ether oxygens (including phenoxy) is 3. The molecular formula is C55H62N12O11S2. The maximum atomic E-state index is 16.6. The molecule has 0 saturated carbocycles. The molecule has 4 heterocycles. The maximum Gasteiger partial charge on any atom is 0.404 e. The van der Waals surface area contributed by atoms with Gasteiger partial charge in [0, 0.05) is 25.5 Å². The quantitative estimate of drug-likeness (QED) is 0.0463. The number of sulfonamides is 2. The summed E-state index contributed by atoms with van der Waals surface area (Å²) in [5, 5.41) is 39.1. The second-order valence-electron chi connectivity index (χ2n) is 20.9. The van der Waals surface area contributed by atoms with Crippen LogP contribution in [0.3, 0.4) is 0 Å². The van der Waals surface area contributed by atoms with Crippen molar-refractivity contribution in [1.29, 1.82) is 0 Å². The van der Waals surface area contributed by atoms with Gasteiger partial charge in [-0.3, -0.25) is 9.38 Å². The number of hydrogen-bond donors (Lipinski definition) is 5. The Kier molecular flexibility index (Phi) is 16.9. The molecule has 2 amide bonds. The first-order chi connectivity index (χ1) is 37.9. The lowest BCUT2D eigenvalue weighted by Gasteiger charge is -2.45. The van der Waals surface area contributed by atoms with Gasteiger partial charge in [-0.05, 0) is 105 Å². The minimum absolute atomic E-state index is 0.0357. The highest BCUT2D eigenvalue weighted by molar-refractivity contribution is 7.92. The summed E-state index contributed by atoms with van der Waals surface area (Å²) in [4.78, 5) is 38.3. The SMILES string of the molecule is COc1ccc(CN(Cc2ccc(OC)cc2)S(=O)(=O)c2c(S(=O)(=O)NC(C(NC(=O)O)C(C)(C)C)C(NC(=O)O)C(C)(C)C)ccc(-c3ccnc(-c4cnc5ccncn45)c3)c2-c2nnn(Cc3ccc(OC)cc3)n2)cc1. The number of hydrogen-bond acceptors (Lipinski definition) is 15. The standard InChI is InChI=1S/C55H62N12O11S2/c1-54(2,3)49(59-52(68)69)47(50(55(4,5)6)60-53(70)71)63-79(72,73)44-23-22-41(37-24-27-57-42(28-37)43-29-58-45-25-26-56-33-66(43)45)46(51-61-64-67(62-51)32-36-14-20-40(78-9)21-15-36)48(44)80(74,75)65(30-34-10-16-38(76-7)17-11-34)31-35-12-18-39(77-8)19-13-35/h10-29,33,47,49-50,59-60,63H,30-32H2,1-9H3,(H,68,69)(H,70,71). The van der Waals surface area contributed by atoms with Gasteiger partial charge in [-0.1, -0.05) is 84.0 Å². The van der Waals surface area contributed by atoms with E-state index in [2.05, 4.69) is 40.6 Å². The Balaban J connectivity index is 1.45. The first-order valence-electron chi connectivity index (χ1n) is 25.0. The van der Waals surface area contributed by atoms with Crippen LogP contribution in [0.4, 0.5) is 9.59 Å². The van der Waals surface area contributed by atoms with Crippen molar-refractivity contribution in [3.63, 3.8) is 0 Å². The molecule has 2 atom stereocenters.